The van der Waals surface area contributed by atoms with Crippen LogP contribution in [0.1, 0.15) is 18.4 Å². The third kappa shape index (κ3) is 4.85. The second-order valence-corrected chi connectivity index (χ2v) is 6.12. The molecular formula is C15H17ClF3N3O2. The highest BCUT2D eigenvalue weighted by Gasteiger charge is 2.33. The first-order valence-electron chi connectivity index (χ1n) is 7.35. The number of halogens is 4. The molecule has 1 saturated heterocycles. The van der Waals surface area contributed by atoms with Crippen LogP contribution in [0.4, 0.5) is 18.9 Å². The van der Waals surface area contributed by atoms with Crippen molar-refractivity contribution in [1.29, 1.82) is 0 Å². The second kappa shape index (κ2) is 7.40. The van der Waals surface area contributed by atoms with Crippen molar-refractivity contribution < 1.29 is 22.8 Å². The molecule has 1 aromatic rings. The van der Waals surface area contributed by atoms with Gasteiger partial charge in [0.15, 0.2) is 0 Å². The topological polar surface area (TPSA) is 75.4 Å². The molecule has 1 atom stereocenters. The summed E-state index contributed by atoms with van der Waals surface area (Å²) in [5.41, 5.74) is 4.28. The van der Waals surface area contributed by atoms with E-state index in [1.54, 1.807) is 4.90 Å². The Labute approximate surface area is 141 Å². The van der Waals surface area contributed by atoms with Gasteiger partial charge in [-0.05, 0) is 37.6 Å². The highest BCUT2D eigenvalue weighted by molar-refractivity contribution is 6.31. The summed E-state index contributed by atoms with van der Waals surface area (Å²) in [6, 6.07) is 3.19. The van der Waals surface area contributed by atoms with E-state index >= 15 is 0 Å². The number of hydrogen-bond acceptors (Lipinski definition) is 3. The maximum atomic E-state index is 12.8. The molecule has 132 valence electrons. The number of piperidine rings is 1. The summed E-state index contributed by atoms with van der Waals surface area (Å²) >= 11 is 5.53. The summed E-state index contributed by atoms with van der Waals surface area (Å²) in [5.74, 6) is -1.18. The van der Waals surface area contributed by atoms with Crippen molar-refractivity contribution in [2.45, 2.75) is 19.0 Å². The van der Waals surface area contributed by atoms with Crippen LogP contribution in [0.25, 0.3) is 0 Å². The predicted molar refractivity (Wildman–Crippen MR) is 83.4 cm³/mol. The van der Waals surface area contributed by atoms with Gasteiger partial charge in [0.25, 0.3) is 0 Å². The van der Waals surface area contributed by atoms with E-state index in [1.807, 2.05) is 0 Å². The van der Waals surface area contributed by atoms with E-state index in [2.05, 4.69) is 5.32 Å². The minimum Gasteiger partial charge on any atom is -0.369 e. The van der Waals surface area contributed by atoms with Crippen LogP contribution in [0.15, 0.2) is 18.2 Å². The lowest BCUT2D eigenvalue weighted by Crippen LogP contribution is -2.44. The highest BCUT2D eigenvalue weighted by Crippen LogP contribution is 2.36. The van der Waals surface area contributed by atoms with Crippen LogP contribution in [-0.2, 0) is 15.8 Å². The molecule has 0 aromatic heterocycles. The Balaban J connectivity index is 1.99. The standard InChI is InChI=1S/C15H17ClF3N3O2/c16-12-4-3-10(6-11(12)15(17,18)19)21-13(23)8-22-5-1-2-9(7-22)14(20)24/h3-4,6,9H,1-2,5,7-8H2,(H2,20,24)(H,21,23)/t9-/m1/s1. The normalized spacial score (nSPS) is 19.1. The molecule has 2 amide bonds. The summed E-state index contributed by atoms with van der Waals surface area (Å²) in [6.45, 7) is 0.983. The van der Waals surface area contributed by atoms with Crippen LogP contribution in [-0.4, -0.2) is 36.3 Å². The van der Waals surface area contributed by atoms with Crippen LogP contribution in [0.2, 0.25) is 5.02 Å². The molecule has 1 heterocycles. The number of amides is 2. The number of carbonyl (C=O) groups is 2. The molecule has 3 N–H and O–H groups in total. The molecule has 1 aromatic carbocycles. The van der Waals surface area contributed by atoms with E-state index in [-0.39, 0.29) is 18.2 Å². The fourth-order valence-corrected chi connectivity index (χ4v) is 2.88. The van der Waals surface area contributed by atoms with Crippen molar-refractivity contribution in [2.24, 2.45) is 11.7 Å². The molecule has 1 aliphatic heterocycles. The molecule has 5 nitrogen and oxygen atoms in total. The van der Waals surface area contributed by atoms with E-state index in [0.717, 1.165) is 18.6 Å². The third-order valence-electron chi connectivity index (χ3n) is 3.83. The number of primary amides is 1. The van der Waals surface area contributed by atoms with Gasteiger partial charge in [-0.25, -0.2) is 0 Å². The van der Waals surface area contributed by atoms with Crippen molar-refractivity contribution >= 4 is 29.1 Å². The number of anilines is 1. The van der Waals surface area contributed by atoms with Gasteiger partial charge >= 0.3 is 6.18 Å². The maximum absolute atomic E-state index is 12.8. The number of carbonyl (C=O) groups excluding carboxylic acids is 2. The number of likely N-dealkylation sites (tertiary alicyclic amines) is 1. The van der Waals surface area contributed by atoms with Gasteiger partial charge in [0, 0.05) is 12.2 Å². The van der Waals surface area contributed by atoms with Crippen LogP contribution < -0.4 is 11.1 Å². The summed E-state index contributed by atoms with van der Waals surface area (Å²) in [4.78, 5) is 25.0. The average Bonchev–Trinajstić information content (AvgIpc) is 2.48. The van der Waals surface area contributed by atoms with Crippen LogP contribution in [0.5, 0.6) is 0 Å². The highest BCUT2D eigenvalue weighted by atomic mass is 35.5. The van der Waals surface area contributed by atoms with Crippen LogP contribution in [0.3, 0.4) is 0 Å². The molecule has 0 unspecified atom stereocenters. The summed E-state index contributed by atoms with van der Waals surface area (Å²) in [6.07, 6.45) is -3.18. The Kier molecular flexibility index (Phi) is 5.71. The van der Waals surface area contributed by atoms with Crippen LogP contribution >= 0.6 is 11.6 Å². The minimum atomic E-state index is -4.60. The van der Waals surface area contributed by atoms with Gasteiger partial charge in [-0.15, -0.1) is 0 Å². The Morgan fingerprint density at radius 2 is 2.08 bits per heavy atom. The molecule has 1 aliphatic rings. The van der Waals surface area contributed by atoms with E-state index in [1.165, 1.54) is 6.07 Å². The quantitative estimate of drug-likeness (QED) is 0.863. The molecular weight excluding hydrogens is 347 g/mol. The van der Waals surface area contributed by atoms with Gasteiger partial charge < -0.3 is 11.1 Å². The van der Waals surface area contributed by atoms with Gasteiger partial charge in [0.2, 0.25) is 11.8 Å². The second-order valence-electron chi connectivity index (χ2n) is 5.72. The van der Waals surface area contributed by atoms with Gasteiger partial charge in [0.1, 0.15) is 0 Å². The number of hydrogen-bond donors (Lipinski definition) is 2. The molecule has 0 bridgehead atoms. The molecule has 0 saturated carbocycles. The smallest absolute Gasteiger partial charge is 0.369 e. The lowest BCUT2D eigenvalue weighted by molar-refractivity contribution is -0.137. The molecule has 0 radical (unpaired) electrons. The fourth-order valence-electron chi connectivity index (χ4n) is 2.66. The van der Waals surface area contributed by atoms with E-state index in [0.29, 0.717) is 19.5 Å². The zero-order valence-electron chi connectivity index (χ0n) is 12.7. The Morgan fingerprint density at radius 3 is 2.71 bits per heavy atom. The predicted octanol–water partition coefficient (Wildman–Crippen LogP) is 2.49. The Hall–Kier alpha value is -1.80. The largest absolute Gasteiger partial charge is 0.417 e. The molecule has 0 spiro atoms. The SMILES string of the molecule is NC(=O)[C@@H]1CCCN(CC(=O)Nc2ccc(Cl)c(C(F)(F)F)c2)C1. The molecule has 9 heteroatoms. The molecule has 1 fully saturated rings. The summed E-state index contributed by atoms with van der Waals surface area (Å²) in [5, 5.41) is 1.99. The first-order valence-corrected chi connectivity index (χ1v) is 7.73. The third-order valence-corrected chi connectivity index (χ3v) is 4.16. The van der Waals surface area contributed by atoms with E-state index < -0.39 is 28.6 Å². The first-order chi connectivity index (χ1) is 11.2. The summed E-state index contributed by atoms with van der Waals surface area (Å²) < 4.78 is 38.4. The average molecular weight is 364 g/mol. The van der Waals surface area contributed by atoms with E-state index in [4.69, 9.17) is 17.3 Å². The molecule has 0 aliphatic carbocycles. The van der Waals surface area contributed by atoms with Crippen LogP contribution in [0, 0.1) is 5.92 Å². The van der Waals surface area contributed by atoms with E-state index in [9.17, 15) is 22.8 Å². The number of rotatable bonds is 4. The zero-order valence-corrected chi connectivity index (χ0v) is 13.5. The maximum Gasteiger partial charge on any atom is 0.417 e. The lowest BCUT2D eigenvalue weighted by atomic mass is 9.97. The number of nitrogens with zero attached hydrogens (tertiary/aromatic N) is 1. The summed E-state index contributed by atoms with van der Waals surface area (Å²) in [7, 11) is 0. The van der Waals surface area contributed by atoms with Gasteiger partial charge in [-0.3, -0.25) is 14.5 Å². The minimum absolute atomic E-state index is 0.0141. The lowest BCUT2D eigenvalue weighted by Gasteiger charge is -2.30. The first kappa shape index (κ1) is 18.5. The fraction of sp³-hybridized carbons (Fsp3) is 0.467. The van der Waals surface area contributed by atoms with Gasteiger partial charge in [-0.2, -0.15) is 13.2 Å². The number of nitrogens with two attached hydrogens (primary N) is 1. The van der Waals surface area contributed by atoms with Crippen molar-refractivity contribution in [1.82, 2.24) is 4.90 Å². The molecule has 2 rings (SSSR count). The van der Waals surface area contributed by atoms with Crippen molar-refractivity contribution in [3.63, 3.8) is 0 Å². The Morgan fingerprint density at radius 1 is 1.38 bits per heavy atom. The zero-order chi connectivity index (χ0) is 17.9. The molecule has 24 heavy (non-hydrogen) atoms. The number of benzene rings is 1. The van der Waals surface area contributed by atoms with Crippen molar-refractivity contribution in [3.05, 3.63) is 28.8 Å². The number of alkyl halides is 3. The monoisotopic (exact) mass is 363 g/mol. The van der Waals surface area contributed by atoms with Crippen molar-refractivity contribution in [2.75, 3.05) is 25.0 Å². The number of nitrogens with one attached hydrogen (secondary N) is 1. The van der Waals surface area contributed by atoms with Gasteiger partial charge in [-0.1, -0.05) is 11.6 Å². The Bertz CT molecular complexity index is 637. The van der Waals surface area contributed by atoms with Crippen molar-refractivity contribution in [3.8, 4) is 0 Å². The van der Waals surface area contributed by atoms with Gasteiger partial charge in [0.05, 0.1) is 23.0 Å².